The van der Waals surface area contributed by atoms with Crippen molar-refractivity contribution in [1.29, 1.82) is 0 Å². The van der Waals surface area contributed by atoms with Crippen molar-refractivity contribution in [2.24, 2.45) is 0 Å². The molecule has 0 saturated carbocycles. The number of fused-ring (bicyclic) bond motifs is 2. The monoisotopic (exact) mass is 490 g/mol. The molecule has 9 nitrogen and oxygen atoms in total. The zero-order valence-electron chi connectivity index (χ0n) is 21.1. The molecule has 10 heteroatoms. The molecule has 1 aliphatic heterocycles. The molecule has 1 atom stereocenters. The van der Waals surface area contributed by atoms with E-state index in [0.717, 1.165) is 54.4 Å². The molecule has 0 radical (unpaired) electrons. The number of amides is 1. The third-order valence-corrected chi connectivity index (χ3v) is 6.83. The number of aryl methyl sites for hydroxylation is 1. The van der Waals surface area contributed by atoms with Crippen LogP contribution in [0, 0.1) is 12.7 Å². The average Bonchev–Trinajstić information content (AvgIpc) is 3.36. The van der Waals surface area contributed by atoms with E-state index in [1.165, 1.54) is 6.07 Å². The minimum Gasteiger partial charge on any atom is -0.363 e. The van der Waals surface area contributed by atoms with Gasteiger partial charge in [-0.1, -0.05) is 0 Å². The topological polar surface area (TPSA) is 81.9 Å². The summed E-state index contributed by atoms with van der Waals surface area (Å²) in [7, 11) is 3.55. The molecule has 1 aromatic carbocycles. The van der Waals surface area contributed by atoms with Gasteiger partial charge in [0.2, 0.25) is 5.91 Å². The van der Waals surface area contributed by atoms with Crippen LogP contribution < -0.4 is 10.2 Å². The second-order valence-electron chi connectivity index (χ2n) is 9.49. The highest BCUT2D eigenvalue weighted by Gasteiger charge is 2.25. The van der Waals surface area contributed by atoms with Crippen molar-refractivity contribution in [3.63, 3.8) is 0 Å². The van der Waals surface area contributed by atoms with Crippen LogP contribution in [0.1, 0.15) is 24.1 Å². The normalized spacial score (nSPS) is 15.4. The summed E-state index contributed by atoms with van der Waals surface area (Å²) >= 11 is 0. The molecule has 1 unspecified atom stereocenters. The standard InChI is InChI=1S/C26H31FN8O/c1-17-21(27)6-5-19-15-20(18(2)30-23-7-9-28-22-8-10-29-35(22)23)26(31-25(17)19)34-13-11-33(12-14-34)16-24(36)32(3)4/h5-10,15,18,30H,11-14,16H2,1-4H3. The Morgan fingerprint density at radius 1 is 1.14 bits per heavy atom. The van der Waals surface area contributed by atoms with Gasteiger partial charge in [0.1, 0.15) is 17.5 Å². The molecule has 1 fully saturated rings. The Morgan fingerprint density at radius 3 is 2.67 bits per heavy atom. The van der Waals surface area contributed by atoms with E-state index in [9.17, 15) is 9.18 Å². The molecule has 1 saturated heterocycles. The molecular formula is C26H31FN8O. The van der Waals surface area contributed by atoms with Crippen LogP contribution in [0.25, 0.3) is 16.6 Å². The van der Waals surface area contributed by atoms with Gasteiger partial charge in [-0.15, -0.1) is 0 Å². The van der Waals surface area contributed by atoms with Crippen LogP contribution in [-0.2, 0) is 4.79 Å². The molecular weight excluding hydrogens is 459 g/mol. The number of anilines is 2. The summed E-state index contributed by atoms with van der Waals surface area (Å²) < 4.78 is 16.2. The fourth-order valence-corrected chi connectivity index (χ4v) is 4.63. The number of nitrogens with one attached hydrogen (secondary N) is 1. The fraction of sp³-hybridized carbons (Fsp3) is 0.385. The highest BCUT2D eigenvalue weighted by atomic mass is 19.1. The first-order valence-electron chi connectivity index (χ1n) is 12.1. The summed E-state index contributed by atoms with van der Waals surface area (Å²) in [6, 6.07) is 9.03. The van der Waals surface area contributed by atoms with Gasteiger partial charge in [0.05, 0.1) is 24.3 Å². The average molecular weight is 491 g/mol. The van der Waals surface area contributed by atoms with Crippen molar-refractivity contribution in [3.05, 3.63) is 59.7 Å². The van der Waals surface area contributed by atoms with E-state index in [4.69, 9.17) is 4.98 Å². The van der Waals surface area contributed by atoms with Gasteiger partial charge < -0.3 is 15.1 Å². The van der Waals surface area contributed by atoms with Crippen molar-refractivity contribution in [1.82, 2.24) is 29.4 Å². The van der Waals surface area contributed by atoms with Gasteiger partial charge in [-0.3, -0.25) is 9.69 Å². The second kappa shape index (κ2) is 9.69. The van der Waals surface area contributed by atoms with Gasteiger partial charge in [0, 0.05) is 69.1 Å². The maximum absolute atomic E-state index is 14.4. The van der Waals surface area contributed by atoms with Gasteiger partial charge in [-0.05, 0) is 38.1 Å². The number of halogens is 1. The SMILES string of the molecule is Cc1c(F)ccc2cc(C(C)Nc3ccnc4ccnn34)c(N3CCN(CC(=O)N(C)C)CC3)nc12. The van der Waals surface area contributed by atoms with E-state index < -0.39 is 0 Å². The first-order valence-corrected chi connectivity index (χ1v) is 12.1. The number of carbonyl (C=O) groups excluding carboxylic acids is 1. The predicted molar refractivity (Wildman–Crippen MR) is 139 cm³/mol. The van der Waals surface area contributed by atoms with Crippen LogP contribution in [0.3, 0.4) is 0 Å². The van der Waals surface area contributed by atoms with E-state index in [1.54, 1.807) is 48.9 Å². The Hall–Kier alpha value is -3.79. The highest BCUT2D eigenvalue weighted by molar-refractivity contribution is 5.85. The van der Waals surface area contributed by atoms with Crippen LogP contribution >= 0.6 is 0 Å². The molecule has 3 aromatic heterocycles. The van der Waals surface area contributed by atoms with E-state index in [-0.39, 0.29) is 17.8 Å². The summed E-state index contributed by atoms with van der Waals surface area (Å²) in [5.74, 6) is 1.50. The summed E-state index contributed by atoms with van der Waals surface area (Å²) in [6.07, 6.45) is 3.48. The zero-order chi connectivity index (χ0) is 25.4. The van der Waals surface area contributed by atoms with E-state index in [2.05, 4.69) is 38.2 Å². The van der Waals surface area contributed by atoms with Gasteiger partial charge in [0.15, 0.2) is 5.65 Å². The summed E-state index contributed by atoms with van der Waals surface area (Å²) in [5.41, 5.74) is 3.00. The lowest BCUT2D eigenvalue weighted by Crippen LogP contribution is -2.49. The number of hydrogen-bond donors (Lipinski definition) is 1. The van der Waals surface area contributed by atoms with Crippen LogP contribution in [0.2, 0.25) is 0 Å². The van der Waals surface area contributed by atoms with Gasteiger partial charge in [-0.2, -0.15) is 9.61 Å². The number of pyridine rings is 1. The van der Waals surface area contributed by atoms with Gasteiger partial charge in [0.25, 0.3) is 0 Å². The molecule has 5 rings (SSSR count). The lowest BCUT2D eigenvalue weighted by atomic mass is 10.0. The number of likely N-dealkylation sites (N-methyl/N-ethyl adjacent to an activating group) is 1. The maximum Gasteiger partial charge on any atom is 0.236 e. The minimum absolute atomic E-state index is 0.0965. The van der Waals surface area contributed by atoms with Crippen molar-refractivity contribution < 1.29 is 9.18 Å². The van der Waals surface area contributed by atoms with Gasteiger partial charge in [-0.25, -0.2) is 14.4 Å². The molecule has 188 valence electrons. The minimum atomic E-state index is -0.259. The Labute approximate surface area is 209 Å². The number of aromatic nitrogens is 4. The van der Waals surface area contributed by atoms with Gasteiger partial charge >= 0.3 is 0 Å². The number of hydrogen-bond acceptors (Lipinski definition) is 7. The van der Waals surface area contributed by atoms with Crippen molar-refractivity contribution in [2.75, 3.05) is 57.0 Å². The van der Waals surface area contributed by atoms with Crippen LogP contribution in [-0.4, -0.2) is 82.1 Å². The van der Waals surface area contributed by atoms with E-state index >= 15 is 0 Å². The number of piperazine rings is 1. The van der Waals surface area contributed by atoms with E-state index in [0.29, 0.717) is 17.6 Å². The van der Waals surface area contributed by atoms with Crippen LogP contribution in [0.4, 0.5) is 16.0 Å². The lowest BCUT2D eigenvalue weighted by Gasteiger charge is -2.37. The molecule has 36 heavy (non-hydrogen) atoms. The fourth-order valence-electron chi connectivity index (χ4n) is 4.63. The predicted octanol–water partition coefficient (Wildman–Crippen LogP) is 3.11. The van der Waals surface area contributed by atoms with Crippen molar-refractivity contribution in [3.8, 4) is 0 Å². The Morgan fingerprint density at radius 2 is 1.92 bits per heavy atom. The molecule has 0 spiro atoms. The molecule has 0 aliphatic carbocycles. The smallest absolute Gasteiger partial charge is 0.236 e. The number of carbonyl (C=O) groups is 1. The Kier molecular flexibility index (Phi) is 6.44. The Balaban J connectivity index is 1.48. The summed E-state index contributed by atoms with van der Waals surface area (Å²) in [5, 5.41) is 8.84. The zero-order valence-corrected chi connectivity index (χ0v) is 21.1. The Bertz CT molecular complexity index is 1410. The largest absolute Gasteiger partial charge is 0.363 e. The quantitative estimate of drug-likeness (QED) is 0.445. The number of nitrogens with zero attached hydrogens (tertiary/aromatic N) is 7. The molecule has 1 N–H and O–H groups in total. The van der Waals surface area contributed by atoms with Crippen molar-refractivity contribution in [2.45, 2.75) is 19.9 Å². The number of rotatable bonds is 6. The van der Waals surface area contributed by atoms with Crippen LogP contribution in [0.5, 0.6) is 0 Å². The molecule has 0 bridgehead atoms. The number of benzene rings is 1. The third kappa shape index (κ3) is 4.56. The first kappa shape index (κ1) is 23.9. The van der Waals surface area contributed by atoms with Crippen LogP contribution in [0.15, 0.2) is 42.7 Å². The van der Waals surface area contributed by atoms with E-state index in [1.807, 2.05) is 12.1 Å². The highest BCUT2D eigenvalue weighted by Crippen LogP contribution is 2.33. The molecule has 4 aromatic rings. The molecule has 1 amide bonds. The van der Waals surface area contributed by atoms with Crippen molar-refractivity contribution >= 4 is 34.1 Å². The summed E-state index contributed by atoms with van der Waals surface area (Å²) in [6.45, 7) is 7.22. The first-order chi connectivity index (χ1) is 17.3. The summed E-state index contributed by atoms with van der Waals surface area (Å²) in [4.78, 5) is 27.5. The second-order valence-corrected chi connectivity index (χ2v) is 9.49. The molecule has 4 heterocycles. The third-order valence-electron chi connectivity index (χ3n) is 6.83. The lowest BCUT2D eigenvalue weighted by molar-refractivity contribution is -0.129. The maximum atomic E-state index is 14.4. The molecule has 1 aliphatic rings.